The predicted octanol–water partition coefficient (Wildman–Crippen LogP) is 6.49. The van der Waals surface area contributed by atoms with Gasteiger partial charge in [0.15, 0.2) is 0 Å². The average molecular weight is 369 g/mol. The van der Waals surface area contributed by atoms with Crippen molar-refractivity contribution >= 4 is 11.5 Å². The molecule has 27 heavy (non-hydrogen) atoms. The minimum Gasteiger partial charge on any atom is -0.488 e. The molecule has 0 spiro atoms. The van der Waals surface area contributed by atoms with Crippen LogP contribution in [0, 0.1) is 0 Å². The third-order valence-electron chi connectivity index (χ3n) is 4.02. The number of aliphatic carboxylic acids is 1. The van der Waals surface area contributed by atoms with Gasteiger partial charge < -0.3 is 9.84 Å². The van der Waals surface area contributed by atoms with Crippen molar-refractivity contribution in [2.45, 2.75) is 60.5 Å². The van der Waals surface area contributed by atoms with Crippen molar-refractivity contribution in [1.82, 2.24) is 0 Å². The maximum absolute atomic E-state index is 11.0. The van der Waals surface area contributed by atoms with Gasteiger partial charge >= 0.3 is 5.97 Å². The van der Waals surface area contributed by atoms with Crippen molar-refractivity contribution in [3.05, 3.63) is 70.8 Å². The largest absolute Gasteiger partial charge is 0.488 e. The number of allylic oxidation sites excluding steroid dienone is 1. The zero-order chi connectivity index (χ0) is 20.2. The Morgan fingerprint density at radius 2 is 1.78 bits per heavy atom. The molecule has 3 rings (SSSR count). The topological polar surface area (TPSA) is 46.5 Å². The van der Waals surface area contributed by atoms with Crippen LogP contribution >= 0.6 is 0 Å². The Kier molecular flexibility index (Phi) is 9.95. The Bertz CT molecular complexity index is 760. The fourth-order valence-corrected chi connectivity index (χ4v) is 2.92. The summed E-state index contributed by atoms with van der Waals surface area (Å²) in [4.78, 5) is 11.0. The quantitative estimate of drug-likeness (QED) is 0.671. The van der Waals surface area contributed by atoms with E-state index in [1.807, 2.05) is 58.0 Å². The minimum atomic E-state index is -0.820. The first-order valence-corrected chi connectivity index (χ1v) is 9.95. The highest BCUT2D eigenvalue weighted by molar-refractivity contribution is 5.85. The van der Waals surface area contributed by atoms with Gasteiger partial charge in [-0.1, -0.05) is 77.4 Å². The van der Waals surface area contributed by atoms with E-state index in [4.69, 9.17) is 9.84 Å². The Morgan fingerprint density at radius 3 is 2.44 bits per heavy atom. The van der Waals surface area contributed by atoms with E-state index in [2.05, 4.69) is 25.1 Å². The lowest BCUT2D eigenvalue weighted by Gasteiger charge is -2.12. The van der Waals surface area contributed by atoms with E-state index in [1.165, 1.54) is 5.56 Å². The summed E-state index contributed by atoms with van der Waals surface area (Å²) in [6, 6.07) is 13.9. The van der Waals surface area contributed by atoms with Crippen molar-refractivity contribution < 1.29 is 14.6 Å². The molecule has 2 aromatic rings. The van der Waals surface area contributed by atoms with Crippen LogP contribution in [0.1, 0.15) is 69.7 Å². The summed E-state index contributed by atoms with van der Waals surface area (Å²) in [6.45, 7) is 10.7. The molecule has 1 N–H and O–H groups in total. The SMILES string of the molecule is CC.CC.CCC/C=C1/c2ccccc2COc2ccc(CC(=O)O)cc21. The van der Waals surface area contributed by atoms with E-state index >= 15 is 0 Å². The van der Waals surface area contributed by atoms with Crippen molar-refractivity contribution in [1.29, 1.82) is 0 Å². The summed E-state index contributed by atoms with van der Waals surface area (Å²) in [6.07, 6.45) is 4.30. The van der Waals surface area contributed by atoms with E-state index in [0.29, 0.717) is 6.61 Å². The average Bonchev–Trinajstić information content (AvgIpc) is 2.86. The summed E-state index contributed by atoms with van der Waals surface area (Å²) in [7, 11) is 0. The van der Waals surface area contributed by atoms with Gasteiger partial charge in [-0.05, 0) is 40.8 Å². The van der Waals surface area contributed by atoms with Gasteiger partial charge in [-0.25, -0.2) is 0 Å². The molecule has 3 heteroatoms. The van der Waals surface area contributed by atoms with Gasteiger partial charge in [0, 0.05) is 5.56 Å². The fourth-order valence-electron chi connectivity index (χ4n) is 2.92. The van der Waals surface area contributed by atoms with Crippen molar-refractivity contribution in [2.75, 3.05) is 0 Å². The highest BCUT2D eigenvalue weighted by Crippen LogP contribution is 2.37. The second-order valence-corrected chi connectivity index (χ2v) is 5.75. The normalized spacial score (nSPS) is 12.9. The first kappa shape index (κ1) is 22.5. The maximum Gasteiger partial charge on any atom is 0.307 e. The number of hydrogen-bond acceptors (Lipinski definition) is 2. The third kappa shape index (κ3) is 5.99. The standard InChI is InChI=1S/C20H20O3.2C2H6/c1-2-3-7-17-16-8-5-4-6-15(16)13-23-19-10-9-14(11-18(17)19)12-20(21)22;2*1-2/h4-11H,2-3,12-13H2,1H3,(H,21,22);2*1-2H3/b17-7-;;. The third-order valence-corrected chi connectivity index (χ3v) is 4.02. The number of carboxylic acid groups (broad SMARTS) is 1. The monoisotopic (exact) mass is 368 g/mol. The Hall–Kier alpha value is -2.55. The van der Waals surface area contributed by atoms with Crippen molar-refractivity contribution in [2.24, 2.45) is 0 Å². The van der Waals surface area contributed by atoms with Crippen LogP contribution in [0.25, 0.3) is 5.57 Å². The lowest BCUT2D eigenvalue weighted by Crippen LogP contribution is -2.01. The van der Waals surface area contributed by atoms with Crippen LogP contribution in [0.2, 0.25) is 0 Å². The number of rotatable bonds is 4. The lowest BCUT2D eigenvalue weighted by molar-refractivity contribution is -0.136. The first-order valence-electron chi connectivity index (χ1n) is 9.95. The summed E-state index contributed by atoms with van der Waals surface area (Å²) in [5.74, 6) is -0.00308. The molecule has 0 unspecified atom stereocenters. The molecular weight excluding hydrogens is 336 g/mol. The van der Waals surface area contributed by atoms with Crippen LogP contribution in [0.15, 0.2) is 48.5 Å². The fraction of sp³-hybridized carbons (Fsp3) is 0.375. The summed E-state index contributed by atoms with van der Waals surface area (Å²) >= 11 is 0. The zero-order valence-corrected chi connectivity index (χ0v) is 17.2. The molecule has 0 amide bonds. The summed E-state index contributed by atoms with van der Waals surface area (Å²) < 4.78 is 5.96. The molecule has 1 heterocycles. The number of fused-ring (bicyclic) bond motifs is 2. The van der Waals surface area contributed by atoms with Crippen molar-refractivity contribution in [3.8, 4) is 5.75 Å². The van der Waals surface area contributed by atoms with Gasteiger partial charge in [0.2, 0.25) is 0 Å². The molecule has 1 aliphatic heterocycles. The van der Waals surface area contributed by atoms with E-state index < -0.39 is 5.97 Å². The highest BCUT2D eigenvalue weighted by Gasteiger charge is 2.19. The molecular formula is C24H32O3. The molecule has 146 valence electrons. The number of carboxylic acids is 1. The van der Waals surface area contributed by atoms with Crippen LogP contribution in [-0.4, -0.2) is 11.1 Å². The molecule has 0 fully saturated rings. The summed E-state index contributed by atoms with van der Waals surface area (Å²) in [5, 5.41) is 9.05. The van der Waals surface area contributed by atoms with Crippen LogP contribution in [-0.2, 0) is 17.8 Å². The first-order chi connectivity index (χ1) is 13.2. The number of carbonyl (C=O) groups is 1. The predicted molar refractivity (Wildman–Crippen MR) is 113 cm³/mol. The molecule has 0 aliphatic carbocycles. The molecule has 0 aromatic heterocycles. The number of hydrogen-bond donors (Lipinski definition) is 1. The van der Waals surface area contributed by atoms with Gasteiger partial charge in [-0.15, -0.1) is 0 Å². The van der Waals surface area contributed by atoms with Gasteiger partial charge in [0.05, 0.1) is 6.42 Å². The molecule has 0 saturated heterocycles. The molecule has 0 saturated carbocycles. The molecule has 1 aliphatic rings. The van der Waals surface area contributed by atoms with Crippen LogP contribution in [0.5, 0.6) is 5.75 Å². The van der Waals surface area contributed by atoms with E-state index in [9.17, 15) is 4.79 Å². The van der Waals surface area contributed by atoms with Gasteiger partial charge in [0.25, 0.3) is 0 Å². The van der Waals surface area contributed by atoms with E-state index in [1.54, 1.807) is 0 Å². The number of ether oxygens (including phenoxy) is 1. The van der Waals surface area contributed by atoms with Crippen LogP contribution in [0.3, 0.4) is 0 Å². The Morgan fingerprint density at radius 1 is 1.07 bits per heavy atom. The van der Waals surface area contributed by atoms with Gasteiger partial charge in [-0.2, -0.15) is 0 Å². The molecule has 3 nitrogen and oxygen atoms in total. The van der Waals surface area contributed by atoms with E-state index in [-0.39, 0.29) is 6.42 Å². The molecule has 0 bridgehead atoms. The van der Waals surface area contributed by atoms with Gasteiger partial charge in [-0.3, -0.25) is 4.79 Å². The highest BCUT2D eigenvalue weighted by atomic mass is 16.5. The lowest BCUT2D eigenvalue weighted by atomic mass is 9.92. The van der Waals surface area contributed by atoms with E-state index in [0.717, 1.165) is 40.9 Å². The number of unbranched alkanes of at least 4 members (excludes halogenated alkanes) is 1. The second kappa shape index (κ2) is 11.9. The van der Waals surface area contributed by atoms with Crippen molar-refractivity contribution in [3.63, 3.8) is 0 Å². The number of benzene rings is 2. The molecule has 2 aromatic carbocycles. The van der Waals surface area contributed by atoms with Gasteiger partial charge in [0.1, 0.15) is 12.4 Å². The Labute approximate surface area is 163 Å². The van der Waals surface area contributed by atoms with Crippen LogP contribution in [0.4, 0.5) is 0 Å². The summed E-state index contributed by atoms with van der Waals surface area (Å²) in [5.41, 5.74) is 5.25. The Balaban J connectivity index is 0.000000855. The smallest absolute Gasteiger partial charge is 0.307 e. The zero-order valence-electron chi connectivity index (χ0n) is 17.2. The van der Waals surface area contributed by atoms with Crippen LogP contribution < -0.4 is 4.74 Å². The molecule has 0 atom stereocenters. The second-order valence-electron chi connectivity index (χ2n) is 5.75. The molecule has 0 radical (unpaired) electrons. The minimum absolute atomic E-state index is 0.0238. The maximum atomic E-state index is 11.0.